The summed E-state index contributed by atoms with van der Waals surface area (Å²) in [7, 11) is 1.86. The van der Waals surface area contributed by atoms with Crippen molar-refractivity contribution < 1.29 is 19.1 Å². The van der Waals surface area contributed by atoms with Crippen molar-refractivity contribution in [2.45, 2.75) is 25.3 Å². The van der Waals surface area contributed by atoms with Gasteiger partial charge in [-0.2, -0.15) is 0 Å². The maximum atomic E-state index is 13.8. The molecule has 1 aliphatic heterocycles. The number of carbonyl (C=O) groups excluding carboxylic acids is 1. The largest absolute Gasteiger partial charge is 0.481 e. The number of fused-ring (bicyclic) bond motifs is 1. The fraction of sp³-hybridized carbons (Fsp3) is 0.192. The molecule has 3 N–H and O–H groups in total. The smallest absolute Gasteiger partial charge is 0.303 e. The standard InChI is InChI=1S/C26H24FN3O3/c1-28-15-17-5-3-7-20(13-17)29-25(18-6-2-4-16(12-18)8-11-23(31)32)24-21-10-9-19(27)14-22(21)30-26(24)33/h2-7,9-10,12-14,24,28H,8,11,15H2,1H3,(H,30,33)(H,31,32). The highest BCUT2D eigenvalue weighted by atomic mass is 19.1. The van der Waals surface area contributed by atoms with Crippen LogP contribution in [0.4, 0.5) is 15.8 Å². The molecule has 3 aromatic carbocycles. The van der Waals surface area contributed by atoms with E-state index in [1.807, 2.05) is 55.6 Å². The van der Waals surface area contributed by atoms with Gasteiger partial charge in [0, 0.05) is 18.7 Å². The van der Waals surface area contributed by atoms with Crippen LogP contribution in [0, 0.1) is 5.82 Å². The van der Waals surface area contributed by atoms with Gasteiger partial charge in [0.05, 0.1) is 11.4 Å². The summed E-state index contributed by atoms with van der Waals surface area (Å²) in [5.74, 6) is -2.30. The Hall–Kier alpha value is -3.84. The number of rotatable bonds is 8. The molecule has 0 aliphatic carbocycles. The van der Waals surface area contributed by atoms with E-state index in [2.05, 4.69) is 10.6 Å². The molecule has 33 heavy (non-hydrogen) atoms. The Kier molecular flexibility index (Phi) is 6.60. The second-order valence-electron chi connectivity index (χ2n) is 7.95. The van der Waals surface area contributed by atoms with Gasteiger partial charge in [0.25, 0.3) is 0 Å². The van der Waals surface area contributed by atoms with Gasteiger partial charge in [-0.15, -0.1) is 0 Å². The predicted molar refractivity (Wildman–Crippen MR) is 126 cm³/mol. The van der Waals surface area contributed by atoms with Crippen LogP contribution < -0.4 is 10.6 Å². The Bertz CT molecular complexity index is 1240. The molecule has 7 heteroatoms. The Morgan fingerprint density at radius 1 is 1.09 bits per heavy atom. The highest BCUT2D eigenvalue weighted by Crippen LogP contribution is 2.37. The first-order valence-electron chi connectivity index (χ1n) is 10.7. The van der Waals surface area contributed by atoms with Gasteiger partial charge in [-0.25, -0.2) is 4.39 Å². The Labute approximate surface area is 191 Å². The van der Waals surface area contributed by atoms with Gasteiger partial charge in [0.1, 0.15) is 11.7 Å². The second kappa shape index (κ2) is 9.75. The summed E-state index contributed by atoms with van der Waals surface area (Å²) in [6, 6.07) is 19.4. The molecular formula is C26H24FN3O3. The fourth-order valence-corrected chi connectivity index (χ4v) is 4.02. The van der Waals surface area contributed by atoms with E-state index in [-0.39, 0.29) is 12.3 Å². The van der Waals surface area contributed by atoms with E-state index in [1.54, 1.807) is 6.07 Å². The molecule has 0 saturated heterocycles. The minimum absolute atomic E-state index is 0.00795. The van der Waals surface area contributed by atoms with Crippen molar-refractivity contribution >= 4 is 29.0 Å². The van der Waals surface area contributed by atoms with Gasteiger partial charge in [-0.05, 0) is 66.1 Å². The van der Waals surface area contributed by atoms with Crippen LogP contribution in [0.1, 0.15) is 34.6 Å². The van der Waals surface area contributed by atoms with E-state index in [1.165, 1.54) is 12.1 Å². The van der Waals surface area contributed by atoms with Crippen LogP contribution in [0.25, 0.3) is 0 Å². The third-order valence-electron chi connectivity index (χ3n) is 5.51. The molecule has 4 rings (SSSR count). The summed E-state index contributed by atoms with van der Waals surface area (Å²) in [4.78, 5) is 28.9. The molecule has 0 radical (unpaired) electrons. The first kappa shape index (κ1) is 22.4. The molecule has 1 aliphatic rings. The highest BCUT2D eigenvalue weighted by molar-refractivity contribution is 6.24. The predicted octanol–water partition coefficient (Wildman–Crippen LogP) is 4.42. The molecule has 0 aromatic heterocycles. The third-order valence-corrected chi connectivity index (χ3v) is 5.51. The number of anilines is 1. The van der Waals surface area contributed by atoms with E-state index in [4.69, 9.17) is 10.1 Å². The zero-order chi connectivity index (χ0) is 23.4. The number of nitrogens with zero attached hydrogens (tertiary/aromatic N) is 1. The van der Waals surface area contributed by atoms with Crippen molar-refractivity contribution in [3.8, 4) is 0 Å². The number of aryl methyl sites for hydroxylation is 1. The maximum Gasteiger partial charge on any atom is 0.303 e. The lowest BCUT2D eigenvalue weighted by molar-refractivity contribution is -0.137. The highest BCUT2D eigenvalue weighted by Gasteiger charge is 2.35. The number of aliphatic imine (C=N–C) groups is 1. The lowest BCUT2D eigenvalue weighted by atomic mass is 9.89. The van der Waals surface area contributed by atoms with Crippen LogP contribution in [0.5, 0.6) is 0 Å². The SMILES string of the molecule is CNCc1cccc(N=C(c2cccc(CCC(=O)O)c2)C2C(=O)Nc3cc(F)ccc32)c1. The molecule has 1 heterocycles. The van der Waals surface area contributed by atoms with E-state index >= 15 is 0 Å². The number of aliphatic carboxylic acids is 1. The molecular weight excluding hydrogens is 421 g/mol. The number of carboxylic acids is 1. The Balaban J connectivity index is 1.82. The minimum Gasteiger partial charge on any atom is -0.481 e. The maximum absolute atomic E-state index is 13.8. The number of carbonyl (C=O) groups is 2. The topological polar surface area (TPSA) is 90.8 Å². The van der Waals surface area contributed by atoms with Gasteiger partial charge in [-0.1, -0.05) is 36.4 Å². The first-order valence-corrected chi connectivity index (χ1v) is 10.7. The van der Waals surface area contributed by atoms with Crippen LogP contribution >= 0.6 is 0 Å². The summed E-state index contributed by atoms with van der Waals surface area (Å²) in [5, 5.41) is 14.9. The van der Waals surface area contributed by atoms with Crippen molar-refractivity contribution in [1.29, 1.82) is 0 Å². The van der Waals surface area contributed by atoms with Crippen LogP contribution in [0.2, 0.25) is 0 Å². The van der Waals surface area contributed by atoms with Crippen molar-refractivity contribution in [3.05, 3.63) is 94.8 Å². The van der Waals surface area contributed by atoms with E-state index < -0.39 is 17.7 Å². The molecule has 1 unspecified atom stereocenters. The van der Waals surface area contributed by atoms with Crippen LogP contribution in [0.15, 0.2) is 71.7 Å². The van der Waals surface area contributed by atoms with Crippen molar-refractivity contribution in [3.63, 3.8) is 0 Å². The van der Waals surface area contributed by atoms with Crippen molar-refractivity contribution in [2.75, 3.05) is 12.4 Å². The van der Waals surface area contributed by atoms with Gasteiger partial charge >= 0.3 is 5.97 Å². The minimum atomic E-state index is -0.873. The summed E-state index contributed by atoms with van der Waals surface area (Å²) in [5.41, 5.74) is 4.91. The number of amides is 1. The van der Waals surface area contributed by atoms with Gasteiger partial charge in [-0.3, -0.25) is 14.6 Å². The van der Waals surface area contributed by atoms with Crippen LogP contribution in [-0.2, 0) is 22.6 Å². The van der Waals surface area contributed by atoms with Crippen molar-refractivity contribution in [1.82, 2.24) is 5.32 Å². The number of nitrogens with one attached hydrogen (secondary N) is 2. The molecule has 1 atom stereocenters. The Morgan fingerprint density at radius 3 is 2.67 bits per heavy atom. The number of hydrogen-bond donors (Lipinski definition) is 3. The lowest BCUT2D eigenvalue weighted by Gasteiger charge is -2.15. The average Bonchev–Trinajstić information content (AvgIpc) is 3.11. The summed E-state index contributed by atoms with van der Waals surface area (Å²) < 4.78 is 13.8. The summed E-state index contributed by atoms with van der Waals surface area (Å²) in [6.07, 6.45) is 0.376. The zero-order valence-electron chi connectivity index (χ0n) is 18.1. The number of hydrogen-bond acceptors (Lipinski definition) is 4. The molecule has 0 fully saturated rings. The fourth-order valence-electron chi connectivity index (χ4n) is 4.02. The second-order valence-corrected chi connectivity index (χ2v) is 7.95. The molecule has 168 valence electrons. The normalized spacial score (nSPS) is 15.3. The average molecular weight is 445 g/mol. The number of carboxylic acid groups (broad SMARTS) is 1. The molecule has 0 saturated carbocycles. The van der Waals surface area contributed by atoms with Crippen molar-refractivity contribution in [2.24, 2.45) is 4.99 Å². The summed E-state index contributed by atoms with van der Waals surface area (Å²) in [6.45, 7) is 0.676. The quantitative estimate of drug-likeness (QED) is 0.448. The number of benzene rings is 3. The molecule has 6 nitrogen and oxygen atoms in total. The van der Waals surface area contributed by atoms with E-state index in [0.29, 0.717) is 41.2 Å². The van der Waals surface area contributed by atoms with Crippen LogP contribution in [-0.4, -0.2) is 29.7 Å². The van der Waals surface area contributed by atoms with Gasteiger partial charge < -0.3 is 15.7 Å². The first-order chi connectivity index (χ1) is 15.9. The monoisotopic (exact) mass is 445 g/mol. The molecule has 3 aromatic rings. The third kappa shape index (κ3) is 5.15. The number of halogens is 1. The molecule has 0 spiro atoms. The van der Waals surface area contributed by atoms with Gasteiger partial charge in [0.2, 0.25) is 5.91 Å². The van der Waals surface area contributed by atoms with E-state index in [0.717, 1.165) is 11.1 Å². The summed E-state index contributed by atoms with van der Waals surface area (Å²) >= 11 is 0. The lowest BCUT2D eigenvalue weighted by Crippen LogP contribution is -2.22. The molecule has 0 bridgehead atoms. The zero-order valence-corrected chi connectivity index (χ0v) is 18.1. The molecule has 1 amide bonds. The van der Waals surface area contributed by atoms with Crippen LogP contribution in [0.3, 0.4) is 0 Å². The van der Waals surface area contributed by atoms with Gasteiger partial charge in [0.15, 0.2) is 0 Å². The van der Waals surface area contributed by atoms with E-state index in [9.17, 15) is 14.0 Å². The Morgan fingerprint density at radius 2 is 1.88 bits per heavy atom.